The van der Waals surface area contributed by atoms with E-state index < -0.39 is 0 Å². The minimum atomic E-state index is -0.246. The molecule has 1 saturated carbocycles. The fraction of sp³-hybridized carbons (Fsp3) is 0.526. The molecular formula is C19H23N3O3. The Bertz CT molecular complexity index is 732. The zero-order chi connectivity index (χ0) is 17.6. The maximum Gasteiger partial charge on any atom is 0.256 e. The van der Waals surface area contributed by atoms with E-state index in [4.69, 9.17) is 0 Å². The molecule has 0 N–H and O–H groups in total. The molecule has 2 heterocycles. The third-order valence-electron chi connectivity index (χ3n) is 5.78. The van der Waals surface area contributed by atoms with Crippen molar-refractivity contribution in [2.75, 3.05) is 31.6 Å². The maximum absolute atomic E-state index is 12.9. The molecule has 6 heteroatoms. The molecule has 2 unspecified atom stereocenters. The van der Waals surface area contributed by atoms with Gasteiger partial charge in [0.05, 0.1) is 11.3 Å². The van der Waals surface area contributed by atoms with Gasteiger partial charge in [0.1, 0.15) is 13.1 Å². The molecule has 2 atom stereocenters. The highest BCUT2D eigenvalue weighted by atomic mass is 16.2. The number of fused-ring (bicyclic) bond motifs is 3. The summed E-state index contributed by atoms with van der Waals surface area (Å²) in [4.78, 5) is 43.0. The zero-order valence-electron chi connectivity index (χ0n) is 14.5. The highest BCUT2D eigenvalue weighted by Gasteiger charge is 2.39. The van der Waals surface area contributed by atoms with Crippen molar-refractivity contribution in [2.45, 2.75) is 31.7 Å². The van der Waals surface area contributed by atoms with Gasteiger partial charge in [-0.1, -0.05) is 18.6 Å². The van der Waals surface area contributed by atoms with Crippen LogP contribution < -0.4 is 4.90 Å². The lowest BCUT2D eigenvalue weighted by atomic mass is 9.90. The Labute approximate surface area is 147 Å². The van der Waals surface area contributed by atoms with Crippen molar-refractivity contribution in [1.82, 2.24) is 9.80 Å². The second-order valence-corrected chi connectivity index (χ2v) is 7.36. The molecule has 132 valence electrons. The zero-order valence-corrected chi connectivity index (χ0v) is 14.5. The van der Waals surface area contributed by atoms with Gasteiger partial charge in [-0.05, 0) is 37.3 Å². The van der Waals surface area contributed by atoms with Gasteiger partial charge in [-0.2, -0.15) is 0 Å². The van der Waals surface area contributed by atoms with E-state index in [0.717, 1.165) is 19.4 Å². The fourth-order valence-corrected chi connectivity index (χ4v) is 4.42. The molecule has 2 fully saturated rings. The van der Waals surface area contributed by atoms with Gasteiger partial charge in [-0.15, -0.1) is 0 Å². The van der Waals surface area contributed by atoms with E-state index >= 15 is 0 Å². The molecule has 1 aromatic rings. The van der Waals surface area contributed by atoms with Crippen LogP contribution in [0.2, 0.25) is 0 Å². The van der Waals surface area contributed by atoms with Gasteiger partial charge in [0.2, 0.25) is 11.8 Å². The first kappa shape index (κ1) is 16.1. The van der Waals surface area contributed by atoms with Gasteiger partial charge in [-0.3, -0.25) is 14.4 Å². The van der Waals surface area contributed by atoms with Crippen LogP contribution in [-0.4, -0.2) is 60.2 Å². The summed E-state index contributed by atoms with van der Waals surface area (Å²) < 4.78 is 0. The number of likely N-dealkylation sites (N-methyl/N-ethyl adjacent to an activating group) is 1. The van der Waals surface area contributed by atoms with Crippen molar-refractivity contribution in [3.8, 4) is 0 Å². The van der Waals surface area contributed by atoms with Crippen molar-refractivity contribution in [3.05, 3.63) is 29.8 Å². The molecule has 1 aromatic carbocycles. The molecule has 6 nitrogen and oxygen atoms in total. The number of hydrogen-bond donors (Lipinski definition) is 0. The van der Waals surface area contributed by atoms with E-state index in [9.17, 15) is 14.4 Å². The summed E-state index contributed by atoms with van der Waals surface area (Å²) in [7, 11) is 1.67. The lowest BCUT2D eigenvalue weighted by Gasteiger charge is -2.27. The number of carbonyl (C=O) groups is 3. The lowest BCUT2D eigenvalue weighted by molar-refractivity contribution is -0.133. The molecule has 25 heavy (non-hydrogen) atoms. The van der Waals surface area contributed by atoms with Crippen LogP contribution in [0, 0.1) is 5.92 Å². The summed E-state index contributed by atoms with van der Waals surface area (Å²) >= 11 is 0. The van der Waals surface area contributed by atoms with Crippen molar-refractivity contribution >= 4 is 23.4 Å². The van der Waals surface area contributed by atoms with E-state index in [2.05, 4.69) is 0 Å². The summed E-state index contributed by atoms with van der Waals surface area (Å²) in [6, 6.07) is 7.39. The first-order chi connectivity index (χ1) is 12.0. The standard InChI is InChI=1S/C19H23N3O3/c1-20-16-8-3-2-7-15(16)19(25)21(11-17(20)23)12-18(24)22-10-13-5-4-6-14(22)9-13/h2-3,7-8,13-14H,4-6,9-12H2,1H3. The predicted molar refractivity (Wildman–Crippen MR) is 93.2 cm³/mol. The Morgan fingerprint density at radius 2 is 2.00 bits per heavy atom. The highest BCUT2D eigenvalue weighted by Crippen LogP contribution is 2.35. The minimum Gasteiger partial charge on any atom is -0.338 e. The lowest BCUT2D eigenvalue weighted by Crippen LogP contribution is -2.46. The Morgan fingerprint density at radius 1 is 1.20 bits per heavy atom. The average molecular weight is 341 g/mol. The number of hydrogen-bond acceptors (Lipinski definition) is 3. The van der Waals surface area contributed by atoms with Crippen molar-refractivity contribution in [1.29, 1.82) is 0 Å². The topological polar surface area (TPSA) is 60.9 Å². The van der Waals surface area contributed by atoms with Crippen LogP contribution in [0.1, 0.15) is 36.0 Å². The molecule has 0 aromatic heterocycles. The van der Waals surface area contributed by atoms with Crippen LogP contribution in [0.15, 0.2) is 24.3 Å². The summed E-state index contributed by atoms with van der Waals surface area (Å²) in [5.74, 6) is 0.156. The highest BCUT2D eigenvalue weighted by molar-refractivity contribution is 6.10. The molecule has 3 aliphatic rings. The second-order valence-electron chi connectivity index (χ2n) is 7.36. The first-order valence-electron chi connectivity index (χ1n) is 8.99. The van der Waals surface area contributed by atoms with E-state index in [1.165, 1.54) is 22.6 Å². The van der Waals surface area contributed by atoms with Crippen LogP contribution in [0.25, 0.3) is 0 Å². The molecule has 1 aliphatic carbocycles. The number of amides is 3. The Kier molecular flexibility index (Phi) is 3.98. The fourth-order valence-electron chi connectivity index (χ4n) is 4.42. The molecule has 2 bridgehead atoms. The minimum absolute atomic E-state index is 0.0179. The first-order valence-corrected chi connectivity index (χ1v) is 8.99. The molecule has 0 radical (unpaired) electrons. The number of anilines is 1. The van der Waals surface area contributed by atoms with Crippen LogP contribution in [0.5, 0.6) is 0 Å². The van der Waals surface area contributed by atoms with E-state index in [1.54, 1.807) is 31.3 Å². The van der Waals surface area contributed by atoms with Gasteiger partial charge in [0, 0.05) is 19.6 Å². The number of carbonyl (C=O) groups excluding carboxylic acids is 3. The number of rotatable bonds is 2. The number of nitrogens with zero attached hydrogens (tertiary/aromatic N) is 3. The molecular weight excluding hydrogens is 318 g/mol. The Morgan fingerprint density at radius 3 is 2.80 bits per heavy atom. The molecule has 2 aliphatic heterocycles. The summed E-state index contributed by atoms with van der Waals surface area (Å²) in [5.41, 5.74) is 1.08. The van der Waals surface area contributed by atoms with Gasteiger partial charge >= 0.3 is 0 Å². The van der Waals surface area contributed by atoms with Crippen LogP contribution in [-0.2, 0) is 9.59 Å². The van der Waals surface area contributed by atoms with Crippen molar-refractivity contribution < 1.29 is 14.4 Å². The van der Waals surface area contributed by atoms with Crippen molar-refractivity contribution in [2.24, 2.45) is 5.92 Å². The van der Waals surface area contributed by atoms with Crippen molar-refractivity contribution in [3.63, 3.8) is 0 Å². The number of likely N-dealkylation sites (tertiary alicyclic amines) is 1. The summed E-state index contributed by atoms with van der Waals surface area (Å²) in [6.07, 6.45) is 4.52. The van der Waals surface area contributed by atoms with Crippen LogP contribution in [0.4, 0.5) is 5.69 Å². The normalized spacial score (nSPS) is 25.9. The van der Waals surface area contributed by atoms with E-state index in [0.29, 0.717) is 23.2 Å². The average Bonchev–Trinajstić information content (AvgIpc) is 2.89. The van der Waals surface area contributed by atoms with Gasteiger partial charge in [-0.25, -0.2) is 0 Å². The van der Waals surface area contributed by atoms with E-state index in [-0.39, 0.29) is 30.8 Å². The van der Waals surface area contributed by atoms with Gasteiger partial charge < -0.3 is 14.7 Å². The summed E-state index contributed by atoms with van der Waals surface area (Å²) in [5, 5.41) is 0. The van der Waals surface area contributed by atoms with Gasteiger partial charge in [0.25, 0.3) is 5.91 Å². The van der Waals surface area contributed by atoms with Crippen LogP contribution >= 0.6 is 0 Å². The smallest absolute Gasteiger partial charge is 0.256 e. The Balaban J connectivity index is 1.55. The summed E-state index contributed by atoms with van der Waals surface area (Å²) in [6.45, 7) is 0.726. The van der Waals surface area contributed by atoms with Gasteiger partial charge in [0.15, 0.2) is 0 Å². The quantitative estimate of drug-likeness (QED) is 0.819. The Hall–Kier alpha value is -2.37. The number of para-hydroxylation sites is 1. The molecule has 4 rings (SSSR count). The third kappa shape index (κ3) is 2.79. The number of benzene rings is 1. The SMILES string of the molecule is CN1C(=O)CN(CC(=O)N2CC3CCCC2C3)C(=O)c2ccccc21. The maximum atomic E-state index is 12.9. The predicted octanol–water partition coefficient (Wildman–Crippen LogP) is 1.51. The molecule has 0 spiro atoms. The second kappa shape index (κ2) is 6.17. The van der Waals surface area contributed by atoms with E-state index in [1.807, 2.05) is 4.90 Å². The monoisotopic (exact) mass is 341 g/mol. The third-order valence-corrected chi connectivity index (χ3v) is 5.78. The molecule has 1 saturated heterocycles. The largest absolute Gasteiger partial charge is 0.338 e. The molecule has 3 amide bonds. The van der Waals surface area contributed by atoms with Crippen LogP contribution in [0.3, 0.4) is 0 Å².